The van der Waals surface area contributed by atoms with Crippen LogP contribution in [0.4, 0.5) is 0 Å². The molecule has 0 saturated heterocycles. The number of nitrogens with zero attached hydrogens (tertiary/aromatic N) is 1. The number of carbonyl (C=O) groups is 1. The number of hydrogen-bond donors (Lipinski definition) is 2. The quantitative estimate of drug-likeness (QED) is 0.603. The standard InChI is InChI=1S/C10H23N3O/c1-10(2,11)9(14)12-7-5-6-8-13(3)4/h5-8,11H2,1-4H3,(H,12,14). The average molecular weight is 201 g/mol. The largest absolute Gasteiger partial charge is 0.355 e. The molecule has 0 spiro atoms. The van der Waals surface area contributed by atoms with Crippen LogP contribution in [0, 0.1) is 0 Å². The lowest BCUT2D eigenvalue weighted by molar-refractivity contribution is -0.125. The van der Waals surface area contributed by atoms with Crippen molar-refractivity contribution in [3.63, 3.8) is 0 Å². The van der Waals surface area contributed by atoms with Crippen molar-refractivity contribution >= 4 is 5.91 Å². The molecule has 0 heterocycles. The van der Waals surface area contributed by atoms with Crippen molar-refractivity contribution in [3.8, 4) is 0 Å². The maximum absolute atomic E-state index is 11.3. The van der Waals surface area contributed by atoms with Crippen molar-refractivity contribution in [1.82, 2.24) is 10.2 Å². The molecule has 0 bridgehead atoms. The maximum atomic E-state index is 11.3. The molecule has 4 heteroatoms. The van der Waals surface area contributed by atoms with Gasteiger partial charge in [0.05, 0.1) is 5.54 Å². The lowest BCUT2D eigenvalue weighted by Crippen LogP contribution is -2.49. The van der Waals surface area contributed by atoms with E-state index in [1.165, 1.54) is 0 Å². The first kappa shape index (κ1) is 13.4. The predicted molar refractivity (Wildman–Crippen MR) is 59.1 cm³/mol. The van der Waals surface area contributed by atoms with Gasteiger partial charge in [0.2, 0.25) is 5.91 Å². The van der Waals surface area contributed by atoms with E-state index >= 15 is 0 Å². The van der Waals surface area contributed by atoms with Crippen molar-refractivity contribution in [2.24, 2.45) is 5.73 Å². The first-order valence-electron chi connectivity index (χ1n) is 5.06. The molecule has 0 aliphatic rings. The fourth-order valence-corrected chi connectivity index (χ4v) is 0.983. The first-order chi connectivity index (χ1) is 6.34. The summed E-state index contributed by atoms with van der Waals surface area (Å²) < 4.78 is 0. The third-order valence-electron chi connectivity index (χ3n) is 1.90. The van der Waals surface area contributed by atoms with Crippen LogP contribution in [0.5, 0.6) is 0 Å². The van der Waals surface area contributed by atoms with Gasteiger partial charge in [-0.25, -0.2) is 0 Å². The van der Waals surface area contributed by atoms with Gasteiger partial charge in [-0.15, -0.1) is 0 Å². The van der Waals surface area contributed by atoms with Gasteiger partial charge in [-0.3, -0.25) is 4.79 Å². The van der Waals surface area contributed by atoms with E-state index in [9.17, 15) is 4.79 Å². The monoisotopic (exact) mass is 201 g/mol. The highest BCUT2D eigenvalue weighted by Gasteiger charge is 2.20. The molecule has 0 fully saturated rings. The normalized spacial score (nSPS) is 11.9. The summed E-state index contributed by atoms with van der Waals surface area (Å²) in [5, 5.41) is 2.81. The molecule has 0 saturated carbocycles. The van der Waals surface area contributed by atoms with E-state index in [-0.39, 0.29) is 5.91 Å². The van der Waals surface area contributed by atoms with E-state index in [2.05, 4.69) is 10.2 Å². The fraction of sp³-hybridized carbons (Fsp3) is 0.900. The zero-order chi connectivity index (χ0) is 11.2. The van der Waals surface area contributed by atoms with Crippen LogP contribution in [0.15, 0.2) is 0 Å². The average Bonchev–Trinajstić information content (AvgIpc) is 2.01. The van der Waals surface area contributed by atoms with Crippen molar-refractivity contribution in [1.29, 1.82) is 0 Å². The highest BCUT2D eigenvalue weighted by atomic mass is 16.2. The van der Waals surface area contributed by atoms with Gasteiger partial charge in [0, 0.05) is 6.54 Å². The molecule has 0 aromatic rings. The van der Waals surface area contributed by atoms with Crippen LogP contribution >= 0.6 is 0 Å². The Labute approximate surface area is 86.8 Å². The molecule has 0 radical (unpaired) electrons. The van der Waals surface area contributed by atoms with Gasteiger partial charge >= 0.3 is 0 Å². The van der Waals surface area contributed by atoms with Crippen molar-refractivity contribution in [2.75, 3.05) is 27.2 Å². The van der Waals surface area contributed by atoms with E-state index < -0.39 is 5.54 Å². The zero-order valence-electron chi connectivity index (χ0n) is 9.76. The van der Waals surface area contributed by atoms with Crippen LogP contribution in [-0.2, 0) is 4.79 Å². The Morgan fingerprint density at radius 3 is 2.36 bits per heavy atom. The lowest BCUT2D eigenvalue weighted by atomic mass is 10.1. The molecule has 0 rings (SSSR count). The summed E-state index contributed by atoms with van der Waals surface area (Å²) in [7, 11) is 4.09. The molecule has 84 valence electrons. The Bertz CT molecular complexity index is 173. The van der Waals surface area contributed by atoms with E-state index in [4.69, 9.17) is 5.73 Å². The topological polar surface area (TPSA) is 58.4 Å². The molecule has 0 unspecified atom stereocenters. The Kier molecular flexibility index (Phi) is 5.72. The third kappa shape index (κ3) is 6.86. The van der Waals surface area contributed by atoms with Crippen LogP contribution in [0.2, 0.25) is 0 Å². The second-order valence-electron chi connectivity index (χ2n) is 4.49. The van der Waals surface area contributed by atoms with E-state index in [1.54, 1.807) is 13.8 Å². The Morgan fingerprint density at radius 2 is 1.93 bits per heavy atom. The lowest BCUT2D eigenvalue weighted by Gasteiger charge is -2.17. The van der Waals surface area contributed by atoms with Crippen LogP contribution in [-0.4, -0.2) is 43.5 Å². The molecule has 0 aromatic heterocycles. The summed E-state index contributed by atoms with van der Waals surface area (Å²) in [6, 6.07) is 0. The fourth-order valence-electron chi connectivity index (χ4n) is 0.983. The van der Waals surface area contributed by atoms with Crippen LogP contribution in [0.1, 0.15) is 26.7 Å². The molecule has 0 aromatic carbocycles. The van der Waals surface area contributed by atoms with Gasteiger partial charge < -0.3 is 16.0 Å². The van der Waals surface area contributed by atoms with E-state index in [1.807, 2.05) is 14.1 Å². The van der Waals surface area contributed by atoms with Gasteiger partial charge in [-0.05, 0) is 47.3 Å². The van der Waals surface area contributed by atoms with Gasteiger partial charge in [0.25, 0.3) is 0 Å². The molecule has 0 aliphatic heterocycles. The Balaban J connectivity index is 3.42. The minimum absolute atomic E-state index is 0.0812. The predicted octanol–water partition coefficient (Wildman–Crippen LogP) is 0.182. The Morgan fingerprint density at radius 1 is 1.36 bits per heavy atom. The second-order valence-corrected chi connectivity index (χ2v) is 4.49. The summed E-state index contributed by atoms with van der Waals surface area (Å²) in [5.74, 6) is -0.0812. The number of unbranched alkanes of at least 4 members (excludes halogenated alkanes) is 1. The molecule has 14 heavy (non-hydrogen) atoms. The van der Waals surface area contributed by atoms with E-state index in [0.29, 0.717) is 6.54 Å². The minimum atomic E-state index is -0.762. The minimum Gasteiger partial charge on any atom is -0.355 e. The van der Waals surface area contributed by atoms with Gasteiger partial charge in [0.1, 0.15) is 0 Å². The summed E-state index contributed by atoms with van der Waals surface area (Å²) in [4.78, 5) is 13.4. The third-order valence-corrected chi connectivity index (χ3v) is 1.90. The highest BCUT2D eigenvalue weighted by Crippen LogP contribution is 1.96. The number of nitrogens with one attached hydrogen (secondary N) is 1. The van der Waals surface area contributed by atoms with Gasteiger partial charge in [-0.1, -0.05) is 0 Å². The summed E-state index contributed by atoms with van der Waals surface area (Å²) in [6.45, 7) is 5.19. The molecule has 4 nitrogen and oxygen atoms in total. The molecular formula is C10H23N3O. The number of rotatable bonds is 6. The number of nitrogens with two attached hydrogens (primary N) is 1. The summed E-state index contributed by atoms with van der Waals surface area (Å²) >= 11 is 0. The first-order valence-corrected chi connectivity index (χ1v) is 5.06. The number of hydrogen-bond acceptors (Lipinski definition) is 3. The van der Waals surface area contributed by atoms with Gasteiger partial charge in [0.15, 0.2) is 0 Å². The summed E-state index contributed by atoms with van der Waals surface area (Å²) in [6.07, 6.45) is 2.10. The smallest absolute Gasteiger partial charge is 0.239 e. The molecule has 3 N–H and O–H groups in total. The molecule has 1 amide bonds. The van der Waals surface area contributed by atoms with Crippen LogP contribution in [0.3, 0.4) is 0 Å². The van der Waals surface area contributed by atoms with Gasteiger partial charge in [-0.2, -0.15) is 0 Å². The molecule has 0 aliphatic carbocycles. The number of amides is 1. The molecule has 0 atom stereocenters. The summed E-state index contributed by atoms with van der Waals surface area (Å²) in [5.41, 5.74) is 4.86. The van der Waals surface area contributed by atoms with Crippen molar-refractivity contribution < 1.29 is 4.79 Å². The molecular weight excluding hydrogens is 178 g/mol. The Hall–Kier alpha value is -0.610. The zero-order valence-corrected chi connectivity index (χ0v) is 9.76. The van der Waals surface area contributed by atoms with Crippen molar-refractivity contribution in [2.45, 2.75) is 32.2 Å². The SMILES string of the molecule is CN(C)CCCCNC(=O)C(C)(C)N. The van der Waals surface area contributed by atoms with E-state index in [0.717, 1.165) is 19.4 Å². The van der Waals surface area contributed by atoms with Crippen LogP contribution < -0.4 is 11.1 Å². The number of carbonyl (C=O) groups excluding carboxylic acids is 1. The maximum Gasteiger partial charge on any atom is 0.239 e. The van der Waals surface area contributed by atoms with Crippen LogP contribution in [0.25, 0.3) is 0 Å². The van der Waals surface area contributed by atoms with Crippen molar-refractivity contribution in [3.05, 3.63) is 0 Å². The second kappa shape index (κ2) is 5.98. The highest BCUT2D eigenvalue weighted by molar-refractivity contribution is 5.84.